The molecule has 106 valence electrons. The van der Waals surface area contributed by atoms with Gasteiger partial charge in [0.2, 0.25) is 0 Å². The van der Waals surface area contributed by atoms with Crippen molar-refractivity contribution in [2.75, 3.05) is 0 Å². The van der Waals surface area contributed by atoms with Crippen LogP contribution in [-0.2, 0) is 11.5 Å². The van der Waals surface area contributed by atoms with Gasteiger partial charge >= 0.3 is 0 Å². The molecule has 0 atom stereocenters. The van der Waals surface area contributed by atoms with Crippen molar-refractivity contribution in [2.45, 2.75) is 18.4 Å². The van der Waals surface area contributed by atoms with Crippen LogP contribution in [0, 0.1) is 6.92 Å². The van der Waals surface area contributed by atoms with Gasteiger partial charge in [-0.25, -0.2) is 4.98 Å². The van der Waals surface area contributed by atoms with Crippen molar-refractivity contribution >= 4 is 34.3 Å². The molecule has 3 aromatic rings. The molecule has 2 aromatic carbocycles. The average Bonchev–Trinajstić information content (AvgIpc) is 2.49. The van der Waals surface area contributed by atoms with E-state index in [1.54, 1.807) is 0 Å². The first-order valence-electron chi connectivity index (χ1n) is 6.90. The lowest BCUT2D eigenvalue weighted by molar-refractivity contribution is 1.28. The first-order chi connectivity index (χ1) is 10.2. The van der Waals surface area contributed by atoms with E-state index in [-0.39, 0.29) is 0 Å². The molecule has 1 nitrogen and oxygen atoms in total. The topological polar surface area (TPSA) is 12.9 Å². The molecule has 3 rings (SSSR count). The highest BCUT2D eigenvalue weighted by molar-refractivity contribution is 7.97. The van der Waals surface area contributed by atoms with Gasteiger partial charge in [-0.3, -0.25) is 0 Å². The summed E-state index contributed by atoms with van der Waals surface area (Å²) in [6.07, 6.45) is 0. The molecule has 3 heteroatoms. The van der Waals surface area contributed by atoms with Crippen LogP contribution < -0.4 is 0 Å². The molecule has 1 heterocycles. The fourth-order valence-electron chi connectivity index (χ4n) is 2.28. The van der Waals surface area contributed by atoms with E-state index in [9.17, 15) is 0 Å². The normalized spacial score (nSPS) is 11.0. The minimum atomic E-state index is 0.617. The second kappa shape index (κ2) is 6.50. The maximum Gasteiger partial charge on any atom is 0.133 e. The Balaban J connectivity index is 1.73. The van der Waals surface area contributed by atoms with Crippen LogP contribution in [0.25, 0.3) is 10.9 Å². The summed E-state index contributed by atoms with van der Waals surface area (Å²) >= 11 is 8.16. The number of hydrogen-bond acceptors (Lipinski definition) is 2. The SMILES string of the molecule is Cc1ccccc1CSCc1cc2ccccc2nc1Cl. The van der Waals surface area contributed by atoms with E-state index in [2.05, 4.69) is 48.3 Å². The van der Waals surface area contributed by atoms with Crippen LogP contribution in [0.4, 0.5) is 0 Å². The van der Waals surface area contributed by atoms with Crippen molar-refractivity contribution in [3.05, 3.63) is 76.4 Å². The predicted octanol–water partition coefficient (Wildman–Crippen LogP) is 5.63. The van der Waals surface area contributed by atoms with E-state index in [1.165, 1.54) is 11.1 Å². The highest BCUT2D eigenvalue weighted by atomic mass is 35.5. The van der Waals surface area contributed by atoms with Gasteiger partial charge < -0.3 is 0 Å². The summed E-state index contributed by atoms with van der Waals surface area (Å²) in [6.45, 7) is 2.15. The predicted molar refractivity (Wildman–Crippen MR) is 92.9 cm³/mol. The molecule has 0 bridgehead atoms. The van der Waals surface area contributed by atoms with Crippen molar-refractivity contribution in [1.29, 1.82) is 0 Å². The molecule has 0 aliphatic rings. The van der Waals surface area contributed by atoms with Crippen LogP contribution in [0.1, 0.15) is 16.7 Å². The fourth-order valence-corrected chi connectivity index (χ4v) is 3.66. The van der Waals surface area contributed by atoms with E-state index in [0.717, 1.165) is 28.0 Å². The maximum atomic E-state index is 6.29. The van der Waals surface area contributed by atoms with E-state index in [0.29, 0.717) is 5.15 Å². The Kier molecular flexibility index (Phi) is 4.47. The van der Waals surface area contributed by atoms with Gasteiger partial charge in [0.15, 0.2) is 0 Å². The second-order valence-corrected chi connectivity index (χ2v) is 6.39. The van der Waals surface area contributed by atoms with Crippen molar-refractivity contribution in [3.63, 3.8) is 0 Å². The molecule has 0 N–H and O–H groups in total. The van der Waals surface area contributed by atoms with Crippen LogP contribution in [0.5, 0.6) is 0 Å². The summed E-state index contributed by atoms with van der Waals surface area (Å²) < 4.78 is 0. The zero-order valence-electron chi connectivity index (χ0n) is 11.8. The zero-order chi connectivity index (χ0) is 14.7. The van der Waals surface area contributed by atoms with Crippen molar-refractivity contribution in [1.82, 2.24) is 4.98 Å². The van der Waals surface area contributed by atoms with E-state index in [4.69, 9.17) is 11.6 Å². The highest BCUT2D eigenvalue weighted by Gasteiger charge is 2.05. The molecule has 1 aromatic heterocycles. The van der Waals surface area contributed by atoms with Gasteiger partial charge in [0.25, 0.3) is 0 Å². The molecule has 21 heavy (non-hydrogen) atoms. The van der Waals surface area contributed by atoms with Gasteiger partial charge in [-0.2, -0.15) is 11.8 Å². The molecule has 0 aliphatic heterocycles. The Morgan fingerprint density at radius 2 is 1.67 bits per heavy atom. The second-order valence-electron chi connectivity index (χ2n) is 5.05. The van der Waals surface area contributed by atoms with Gasteiger partial charge in [-0.05, 0) is 30.2 Å². The van der Waals surface area contributed by atoms with E-state index < -0.39 is 0 Å². The number of nitrogens with zero attached hydrogens (tertiary/aromatic N) is 1. The molecule has 0 radical (unpaired) electrons. The Morgan fingerprint density at radius 1 is 0.952 bits per heavy atom. The standard InChI is InChI=1S/C18H16ClNS/c1-13-6-2-3-8-15(13)11-21-12-16-10-14-7-4-5-9-17(14)20-18(16)19/h2-10H,11-12H2,1H3. The van der Waals surface area contributed by atoms with Gasteiger partial charge in [0.1, 0.15) is 5.15 Å². The maximum absolute atomic E-state index is 6.29. The number of thioether (sulfide) groups is 1. The first kappa shape index (κ1) is 14.4. The van der Waals surface area contributed by atoms with Gasteiger partial charge in [-0.1, -0.05) is 54.1 Å². The molecule has 0 spiro atoms. The Bertz CT molecular complexity index is 770. The number of pyridine rings is 1. The summed E-state index contributed by atoms with van der Waals surface area (Å²) in [5.41, 5.74) is 4.78. The Hall–Kier alpha value is -1.51. The number of benzene rings is 2. The monoisotopic (exact) mass is 313 g/mol. The third-order valence-electron chi connectivity index (χ3n) is 3.53. The number of fused-ring (bicyclic) bond motifs is 1. The minimum absolute atomic E-state index is 0.617. The molecule has 0 fully saturated rings. The molecule has 0 saturated carbocycles. The number of aryl methyl sites for hydroxylation is 1. The van der Waals surface area contributed by atoms with Gasteiger partial charge in [-0.15, -0.1) is 0 Å². The van der Waals surface area contributed by atoms with E-state index >= 15 is 0 Å². The summed E-state index contributed by atoms with van der Waals surface area (Å²) in [5, 5.41) is 1.76. The molecular weight excluding hydrogens is 298 g/mol. The molecule has 0 unspecified atom stereocenters. The summed E-state index contributed by atoms with van der Waals surface area (Å²) in [6, 6.07) is 18.7. The van der Waals surface area contributed by atoms with Gasteiger partial charge in [0.05, 0.1) is 5.52 Å². The first-order valence-corrected chi connectivity index (χ1v) is 8.44. The lowest BCUT2D eigenvalue weighted by Gasteiger charge is -2.08. The lowest BCUT2D eigenvalue weighted by atomic mass is 10.1. The summed E-state index contributed by atoms with van der Waals surface area (Å²) in [7, 11) is 0. The van der Waals surface area contributed by atoms with Crippen molar-refractivity contribution < 1.29 is 0 Å². The molecule has 0 aliphatic carbocycles. The molecule has 0 saturated heterocycles. The smallest absolute Gasteiger partial charge is 0.133 e. The summed E-state index contributed by atoms with van der Waals surface area (Å²) in [5.74, 6) is 1.88. The number of hydrogen-bond donors (Lipinski definition) is 0. The van der Waals surface area contributed by atoms with Crippen LogP contribution >= 0.6 is 23.4 Å². The van der Waals surface area contributed by atoms with Crippen LogP contribution in [-0.4, -0.2) is 4.98 Å². The lowest BCUT2D eigenvalue weighted by Crippen LogP contribution is -1.90. The van der Waals surface area contributed by atoms with Gasteiger partial charge in [0, 0.05) is 22.5 Å². The minimum Gasteiger partial charge on any atom is -0.236 e. The quantitative estimate of drug-likeness (QED) is 0.579. The molecular formula is C18H16ClNS. The van der Waals surface area contributed by atoms with Crippen molar-refractivity contribution in [3.8, 4) is 0 Å². The van der Waals surface area contributed by atoms with Crippen molar-refractivity contribution in [2.24, 2.45) is 0 Å². The highest BCUT2D eigenvalue weighted by Crippen LogP contribution is 2.26. The number of aromatic nitrogens is 1. The Morgan fingerprint density at radius 3 is 2.52 bits per heavy atom. The average molecular weight is 314 g/mol. The molecule has 0 amide bonds. The van der Waals surface area contributed by atoms with E-state index in [1.807, 2.05) is 30.0 Å². The largest absolute Gasteiger partial charge is 0.236 e. The third kappa shape index (κ3) is 3.39. The Labute approximate surface area is 134 Å². The number of halogens is 1. The number of rotatable bonds is 4. The fraction of sp³-hybridized carbons (Fsp3) is 0.167. The van der Waals surface area contributed by atoms with Crippen LogP contribution in [0.2, 0.25) is 5.15 Å². The number of para-hydroxylation sites is 1. The van der Waals surface area contributed by atoms with Crippen LogP contribution in [0.15, 0.2) is 54.6 Å². The summed E-state index contributed by atoms with van der Waals surface area (Å²) in [4.78, 5) is 4.47. The van der Waals surface area contributed by atoms with Crippen LogP contribution in [0.3, 0.4) is 0 Å². The zero-order valence-corrected chi connectivity index (χ0v) is 13.4. The third-order valence-corrected chi connectivity index (χ3v) is 4.88.